The van der Waals surface area contributed by atoms with Crippen LogP contribution in [-0.4, -0.2) is 32.8 Å². The van der Waals surface area contributed by atoms with Gasteiger partial charge in [-0.2, -0.15) is 5.10 Å². The second-order valence-electron chi connectivity index (χ2n) is 6.52. The molecule has 0 bridgehead atoms. The van der Waals surface area contributed by atoms with E-state index in [1.165, 1.54) is 5.69 Å². The number of nitrogens with zero attached hydrogens (tertiary/aromatic N) is 4. The second-order valence-corrected chi connectivity index (χ2v) is 6.52. The molecule has 1 fully saturated rings. The molecule has 2 aromatic carbocycles. The Morgan fingerprint density at radius 2 is 1.58 bits per heavy atom. The molecule has 0 unspecified atom stereocenters. The third kappa shape index (κ3) is 2.38. The van der Waals surface area contributed by atoms with E-state index in [2.05, 4.69) is 27.1 Å². The monoisotopic (exact) mass is 343 g/mol. The molecule has 1 N–H and O–H groups in total. The summed E-state index contributed by atoms with van der Waals surface area (Å²) < 4.78 is 1.72. The van der Waals surface area contributed by atoms with Gasteiger partial charge in [0.05, 0.1) is 17.8 Å². The molecule has 6 heteroatoms. The van der Waals surface area contributed by atoms with E-state index in [-0.39, 0.29) is 11.5 Å². The topological polar surface area (TPSA) is 66.8 Å². The van der Waals surface area contributed by atoms with E-state index in [0.29, 0.717) is 11.0 Å². The molecule has 0 spiro atoms. The van der Waals surface area contributed by atoms with Gasteiger partial charge < -0.3 is 9.88 Å². The zero-order valence-corrected chi connectivity index (χ0v) is 14.0. The number of H-pyrrole nitrogens is 1. The Hall–Kier alpha value is -3.41. The van der Waals surface area contributed by atoms with Gasteiger partial charge in [-0.3, -0.25) is 4.79 Å². The minimum Gasteiger partial charge on any atom is -0.370 e. The van der Waals surface area contributed by atoms with E-state index in [0.717, 1.165) is 24.6 Å². The Labute approximate surface area is 149 Å². The number of fused-ring (bicyclic) bond motifs is 1. The van der Waals surface area contributed by atoms with Gasteiger partial charge in [-0.15, -0.1) is 0 Å². The van der Waals surface area contributed by atoms with Crippen LogP contribution in [-0.2, 0) is 0 Å². The first-order valence-electron chi connectivity index (χ1n) is 8.63. The summed E-state index contributed by atoms with van der Waals surface area (Å²) in [6, 6.07) is 20.0. The van der Waals surface area contributed by atoms with Crippen LogP contribution in [0.3, 0.4) is 0 Å². The van der Waals surface area contributed by atoms with E-state index in [9.17, 15) is 4.79 Å². The van der Waals surface area contributed by atoms with Gasteiger partial charge in [0, 0.05) is 18.8 Å². The lowest BCUT2D eigenvalue weighted by Gasteiger charge is -2.40. The van der Waals surface area contributed by atoms with Gasteiger partial charge in [0.2, 0.25) is 0 Å². The second kappa shape index (κ2) is 5.84. The molecule has 0 atom stereocenters. The van der Waals surface area contributed by atoms with Crippen LogP contribution in [0.1, 0.15) is 11.7 Å². The summed E-state index contributed by atoms with van der Waals surface area (Å²) in [5.41, 5.74) is 2.56. The Kier molecular flexibility index (Phi) is 3.35. The molecule has 0 radical (unpaired) electrons. The molecule has 0 amide bonds. The number of anilines is 1. The van der Waals surface area contributed by atoms with Gasteiger partial charge in [-0.25, -0.2) is 9.67 Å². The van der Waals surface area contributed by atoms with E-state index < -0.39 is 0 Å². The third-order valence-electron chi connectivity index (χ3n) is 4.85. The van der Waals surface area contributed by atoms with Crippen molar-refractivity contribution in [3.8, 4) is 5.69 Å². The molecule has 1 aliphatic rings. The molecule has 0 aliphatic carbocycles. The first-order chi connectivity index (χ1) is 12.8. The lowest BCUT2D eigenvalue weighted by atomic mass is 9.98. The molecule has 3 heterocycles. The lowest BCUT2D eigenvalue weighted by molar-refractivity contribution is 0.501. The lowest BCUT2D eigenvalue weighted by Crippen LogP contribution is -2.46. The van der Waals surface area contributed by atoms with Gasteiger partial charge in [-0.05, 0) is 24.3 Å². The van der Waals surface area contributed by atoms with Crippen LogP contribution in [0.5, 0.6) is 0 Å². The van der Waals surface area contributed by atoms with E-state index >= 15 is 0 Å². The summed E-state index contributed by atoms with van der Waals surface area (Å²) in [5, 5.41) is 4.87. The highest BCUT2D eigenvalue weighted by Gasteiger charge is 2.30. The highest BCUT2D eigenvalue weighted by Crippen LogP contribution is 2.29. The fraction of sp³-hybridized carbons (Fsp3) is 0.150. The van der Waals surface area contributed by atoms with E-state index in [1.54, 1.807) is 10.9 Å². The molecule has 128 valence electrons. The minimum atomic E-state index is -0.134. The number of aromatic amines is 1. The predicted molar refractivity (Wildman–Crippen MR) is 101 cm³/mol. The predicted octanol–water partition coefficient (Wildman–Crippen LogP) is 2.71. The summed E-state index contributed by atoms with van der Waals surface area (Å²) in [6.45, 7) is 1.69. The van der Waals surface area contributed by atoms with Crippen molar-refractivity contribution in [2.24, 2.45) is 0 Å². The van der Waals surface area contributed by atoms with Gasteiger partial charge in [0.25, 0.3) is 5.56 Å². The standard InChI is InChI=1S/C20H17N5O/c26-20-17-11-21-25(16-9-5-2-6-10-16)19(17)22-18(23-20)14-12-24(13-14)15-7-3-1-4-8-15/h1-11,14H,12-13H2,(H,22,23,26). The number of hydrogen-bond acceptors (Lipinski definition) is 4. The fourth-order valence-electron chi connectivity index (χ4n) is 3.39. The zero-order valence-electron chi connectivity index (χ0n) is 14.0. The number of para-hydroxylation sites is 2. The molecule has 2 aromatic heterocycles. The average molecular weight is 343 g/mol. The van der Waals surface area contributed by atoms with Crippen LogP contribution >= 0.6 is 0 Å². The van der Waals surface area contributed by atoms with Crippen LogP contribution in [0, 0.1) is 0 Å². The average Bonchev–Trinajstić information content (AvgIpc) is 3.07. The summed E-state index contributed by atoms with van der Waals surface area (Å²) >= 11 is 0. The van der Waals surface area contributed by atoms with Crippen molar-refractivity contribution in [2.45, 2.75) is 5.92 Å². The molecular formula is C20H17N5O. The largest absolute Gasteiger partial charge is 0.370 e. The van der Waals surface area contributed by atoms with Crippen LogP contribution in [0.4, 0.5) is 5.69 Å². The Bertz CT molecular complexity index is 1110. The first kappa shape index (κ1) is 14.9. The number of benzene rings is 2. The van der Waals surface area contributed by atoms with Crippen molar-refractivity contribution in [2.75, 3.05) is 18.0 Å². The fourth-order valence-corrected chi connectivity index (χ4v) is 3.39. The Balaban J connectivity index is 1.49. The molecule has 5 rings (SSSR count). The quantitative estimate of drug-likeness (QED) is 0.621. The number of hydrogen-bond donors (Lipinski definition) is 1. The Morgan fingerprint density at radius 1 is 0.923 bits per heavy atom. The van der Waals surface area contributed by atoms with Crippen LogP contribution in [0.25, 0.3) is 16.7 Å². The third-order valence-corrected chi connectivity index (χ3v) is 4.85. The van der Waals surface area contributed by atoms with Crippen LogP contribution < -0.4 is 10.5 Å². The summed E-state index contributed by atoms with van der Waals surface area (Å²) in [7, 11) is 0. The highest BCUT2D eigenvalue weighted by molar-refractivity contribution is 5.75. The molecule has 0 saturated carbocycles. The molecule has 4 aromatic rings. The molecule has 6 nitrogen and oxygen atoms in total. The van der Waals surface area contributed by atoms with Crippen molar-refractivity contribution >= 4 is 16.7 Å². The van der Waals surface area contributed by atoms with Crippen molar-refractivity contribution in [1.82, 2.24) is 19.7 Å². The van der Waals surface area contributed by atoms with Crippen LogP contribution in [0.2, 0.25) is 0 Å². The van der Waals surface area contributed by atoms with E-state index in [1.807, 2.05) is 48.5 Å². The maximum absolute atomic E-state index is 12.5. The Morgan fingerprint density at radius 3 is 2.27 bits per heavy atom. The minimum absolute atomic E-state index is 0.134. The van der Waals surface area contributed by atoms with Gasteiger partial charge in [0.15, 0.2) is 5.65 Å². The molecule has 1 saturated heterocycles. The van der Waals surface area contributed by atoms with Gasteiger partial charge in [-0.1, -0.05) is 36.4 Å². The zero-order chi connectivity index (χ0) is 17.5. The molecule has 26 heavy (non-hydrogen) atoms. The normalized spacial score (nSPS) is 14.5. The number of nitrogens with one attached hydrogen (secondary N) is 1. The van der Waals surface area contributed by atoms with Crippen LogP contribution in [0.15, 0.2) is 71.7 Å². The van der Waals surface area contributed by atoms with E-state index in [4.69, 9.17) is 4.98 Å². The summed E-state index contributed by atoms with van der Waals surface area (Å²) in [5.74, 6) is 0.943. The SMILES string of the molecule is O=c1[nH]c(C2CN(c3ccccc3)C2)nc2c1cnn2-c1ccccc1. The number of aromatic nitrogens is 4. The maximum atomic E-state index is 12.5. The van der Waals surface area contributed by atoms with Crippen molar-refractivity contribution < 1.29 is 0 Å². The van der Waals surface area contributed by atoms with Crippen molar-refractivity contribution in [1.29, 1.82) is 0 Å². The number of rotatable bonds is 3. The maximum Gasteiger partial charge on any atom is 0.262 e. The summed E-state index contributed by atoms with van der Waals surface area (Å²) in [4.78, 5) is 22.4. The summed E-state index contributed by atoms with van der Waals surface area (Å²) in [6.07, 6.45) is 1.58. The van der Waals surface area contributed by atoms with Gasteiger partial charge >= 0.3 is 0 Å². The van der Waals surface area contributed by atoms with Crippen molar-refractivity contribution in [3.63, 3.8) is 0 Å². The molecular weight excluding hydrogens is 326 g/mol. The van der Waals surface area contributed by atoms with Gasteiger partial charge in [0.1, 0.15) is 11.2 Å². The first-order valence-corrected chi connectivity index (χ1v) is 8.63. The smallest absolute Gasteiger partial charge is 0.262 e. The molecule has 1 aliphatic heterocycles. The van der Waals surface area contributed by atoms with Crippen molar-refractivity contribution in [3.05, 3.63) is 83.0 Å². The highest BCUT2D eigenvalue weighted by atomic mass is 16.1.